The number of hydrogen-bond acceptors (Lipinski definition) is 5. The van der Waals surface area contributed by atoms with Gasteiger partial charge in [-0.25, -0.2) is 0 Å². The molecule has 6 aromatic heterocycles. The summed E-state index contributed by atoms with van der Waals surface area (Å²) in [6, 6.07) is 21.6. The number of benzene rings is 3. The van der Waals surface area contributed by atoms with Gasteiger partial charge in [0.2, 0.25) is 0 Å². The molecule has 0 atom stereocenters. The second-order valence-corrected chi connectivity index (χ2v) is 12.1. The molecule has 0 saturated heterocycles. The number of rotatable bonds is 1. The van der Waals surface area contributed by atoms with E-state index >= 15 is 0 Å². The Bertz CT molecular complexity index is 2380. The van der Waals surface area contributed by atoms with Crippen LogP contribution in [0.15, 0.2) is 73.9 Å². The summed E-state index contributed by atoms with van der Waals surface area (Å²) >= 11 is 3.56. The zero-order valence-corrected chi connectivity index (χ0v) is 21.9. The molecule has 0 aliphatic heterocycles. The van der Waals surface area contributed by atoms with Gasteiger partial charge in [0.25, 0.3) is 0 Å². The van der Waals surface area contributed by atoms with Crippen LogP contribution in [-0.2, 0) is 0 Å². The highest BCUT2D eigenvalue weighted by atomic mass is 32.1. The molecule has 178 valence electrons. The number of thiophene rings is 2. The lowest BCUT2D eigenvalue weighted by Crippen LogP contribution is -1.93. The molecule has 9 rings (SSSR count). The Morgan fingerprint density at radius 1 is 0.541 bits per heavy atom. The van der Waals surface area contributed by atoms with Gasteiger partial charge in [0.1, 0.15) is 21.3 Å². The normalized spacial score (nSPS) is 12.7. The fourth-order valence-corrected chi connectivity index (χ4v) is 8.37. The number of nitrogens with zero attached hydrogens (tertiary/aromatic N) is 1. The predicted molar refractivity (Wildman–Crippen MR) is 155 cm³/mol. The number of furan rings is 3. The third kappa shape index (κ3) is 2.47. The van der Waals surface area contributed by atoms with Crippen molar-refractivity contribution >= 4 is 96.8 Å². The minimum absolute atomic E-state index is 0.734. The molecule has 0 N–H and O–H groups in total. The van der Waals surface area contributed by atoms with Crippen LogP contribution < -0.4 is 0 Å². The summed E-state index contributed by atoms with van der Waals surface area (Å²) in [6.07, 6.45) is 0. The van der Waals surface area contributed by atoms with E-state index in [0.29, 0.717) is 0 Å². The Morgan fingerprint density at radius 3 is 2.05 bits per heavy atom. The largest absolute Gasteiger partial charge is 0.450 e. The van der Waals surface area contributed by atoms with Crippen LogP contribution in [-0.4, -0.2) is 4.57 Å². The first-order valence-electron chi connectivity index (χ1n) is 12.3. The highest BCUT2D eigenvalue weighted by Crippen LogP contribution is 2.51. The van der Waals surface area contributed by atoms with E-state index in [2.05, 4.69) is 86.0 Å². The monoisotopic (exact) mass is 517 g/mol. The highest BCUT2D eigenvalue weighted by molar-refractivity contribution is 7.36. The van der Waals surface area contributed by atoms with Crippen LogP contribution in [0.5, 0.6) is 0 Å². The zero-order chi connectivity index (χ0) is 24.6. The van der Waals surface area contributed by atoms with Crippen LogP contribution in [0.1, 0.15) is 16.7 Å². The third-order valence-electron chi connectivity index (χ3n) is 7.43. The van der Waals surface area contributed by atoms with Gasteiger partial charge in [-0.2, -0.15) is 0 Å². The minimum Gasteiger partial charge on any atom is -0.450 e. The Kier molecular flexibility index (Phi) is 3.61. The molecule has 9 aromatic rings. The van der Waals surface area contributed by atoms with Crippen molar-refractivity contribution < 1.29 is 13.3 Å². The minimum atomic E-state index is 0.734. The van der Waals surface area contributed by atoms with Crippen LogP contribution in [0.2, 0.25) is 0 Å². The summed E-state index contributed by atoms with van der Waals surface area (Å²) in [7, 11) is 0. The quantitative estimate of drug-likeness (QED) is 0.217. The third-order valence-corrected chi connectivity index (χ3v) is 9.92. The van der Waals surface area contributed by atoms with Gasteiger partial charge >= 0.3 is 0 Å². The predicted octanol–water partition coefficient (Wildman–Crippen LogP) is 10.4. The molecular weight excluding hydrogens is 498 g/mol. The summed E-state index contributed by atoms with van der Waals surface area (Å²) < 4.78 is 26.8. The molecule has 0 spiro atoms. The maximum atomic E-state index is 6.70. The van der Waals surface area contributed by atoms with E-state index in [0.717, 1.165) is 65.9 Å². The van der Waals surface area contributed by atoms with Gasteiger partial charge in [-0.05, 0) is 62.2 Å². The standard InChI is InChI=1S/C31H19NO3S2/c1-14-4-8-17(9-5-14)32-22-18-10-6-15(2)12-20(18)33-24(22)25-23(32)26-27(34-25)30-28(35-26)31-29(37-30)19-11-7-16(3)13-21(19)36-31/h4-13H,1-3H3. The molecule has 0 unspecified atom stereocenters. The first kappa shape index (κ1) is 20.1. The number of fused-ring (bicyclic) bond motifs is 13. The maximum absolute atomic E-state index is 6.70. The molecule has 0 fully saturated rings. The van der Waals surface area contributed by atoms with Crippen molar-refractivity contribution in [3.05, 3.63) is 77.4 Å². The summed E-state index contributed by atoms with van der Waals surface area (Å²) in [5.74, 6) is 0. The zero-order valence-electron chi connectivity index (χ0n) is 20.3. The van der Waals surface area contributed by atoms with E-state index in [9.17, 15) is 0 Å². The van der Waals surface area contributed by atoms with Gasteiger partial charge in [0.15, 0.2) is 27.9 Å². The molecule has 0 radical (unpaired) electrons. The molecule has 37 heavy (non-hydrogen) atoms. The Balaban J connectivity index is 1.46. The van der Waals surface area contributed by atoms with Crippen molar-refractivity contribution in [1.82, 2.24) is 4.57 Å². The van der Waals surface area contributed by atoms with Crippen molar-refractivity contribution in [1.29, 1.82) is 0 Å². The van der Waals surface area contributed by atoms with E-state index < -0.39 is 0 Å². The Hall–Kier alpha value is -4.00. The van der Waals surface area contributed by atoms with Crippen LogP contribution >= 0.6 is 22.7 Å². The summed E-state index contributed by atoms with van der Waals surface area (Å²) in [5.41, 5.74) is 11.5. The van der Waals surface area contributed by atoms with Crippen molar-refractivity contribution in [2.24, 2.45) is 0 Å². The molecular formula is C31H19NO3S2. The second-order valence-electron chi connectivity index (χ2n) is 10.0. The van der Waals surface area contributed by atoms with Crippen molar-refractivity contribution in [3.8, 4) is 5.69 Å². The fraction of sp³-hybridized carbons (Fsp3) is 0.0968. The number of aryl methyl sites for hydroxylation is 3. The molecule has 6 heteroatoms. The Morgan fingerprint density at radius 2 is 1.22 bits per heavy atom. The SMILES string of the molecule is Cc1ccc(-n2c3c4ccc(C)cc4oc3c3oc4c(oc5c4sc4c6ccc(C)cc6sc54)c32)cc1. The molecule has 0 aliphatic carbocycles. The summed E-state index contributed by atoms with van der Waals surface area (Å²) in [5, 5.41) is 2.35. The van der Waals surface area contributed by atoms with Gasteiger partial charge in [0.05, 0.1) is 9.40 Å². The molecule has 0 aliphatic rings. The fourth-order valence-electron chi connectivity index (χ4n) is 5.67. The van der Waals surface area contributed by atoms with Gasteiger partial charge in [0, 0.05) is 21.2 Å². The second kappa shape index (κ2) is 6.65. The van der Waals surface area contributed by atoms with Crippen molar-refractivity contribution in [2.45, 2.75) is 20.8 Å². The topological polar surface area (TPSA) is 44.4 Å². The number of hydrogen-bond donors (Lipinski definition) is 0. The molecule has 0 amide bonds. The van der Waals surface area contributed by atoms with Gasteiger partial charge in [-0.3, -0.25) is 4.57 Å². The smallest absolute Gasteiger partial charge is 0.200 e. The average Bonchev–Trinajstić information content (AvgIpc) is 3.67. The average molecular weight is 518 g/mol. The maximum Gasteiger partial charge on any atom is 0.200 e. The molecule has 6 heterocycles. The summed E-state index contributed by atoms with van der Waals surface area (Å²) in [4.78, 5) is 0. The first-order valence-corrected chi connectivity index (χ1v) is 13.9. The van der Waals surface area contributed by atoms with Crippen LogP contribution in [0.4, 0.5) is 0 Å². The first-order chi connectivity index (χ1) is 18.0. The highest BCUT2D eigenvalue weighted by Gasteiger charge is 2.29. The summed E-state index contributed by atoms with van der Waals surface area (Å²) in [6.45, 7) is 6.33. The molecule has 3 aromatic carbocycles. The van der Waals surface area contributed by atoms with Crippen LogP contribution in [0.3, 0.4) is 0 Å². The van der Waals surface area contributed by atoms with Crippen molar-refractivity contribution in [3.63, 3.8) is 0 Å². The van der Waals surface area contributed by atoms with Gasteiger partial charge in [-0.1, -0.05) is 35.9 Å². The van der Waals surface area contributed by atoms with E-state index in [1.165, 1.54) is 30.6 Å². The van der Waals surface area contributed by atoms with E-state index in [-0.39, 0.29) is 0 Å². The molecule has 0 saturated carbocycles. The van der Waals surface area contributed by atoms with E-state index in [1.54, 1.807) is 22.7 Å². The Labute approximate surface area is 217 Å². The number of aromatic nitrogens is 1. The van der Waals surface area contributed by atoms with E-state index in [4.69, 9.17) is 13.3 Å². The lowest BCUT2D eigenvalue weighted by Gasteiger charge is -2.06. The van der Waals surface area contributed by atoms with E-state index in [1.807, 2.05) is 0 Å². The molecule has 4 nitrogen and oxygen atoms in total. The van der Waals surface area contributed by atoms with Crippen LogP contribution in [0.25, 0.3) is 79.8 Å². The lowest BCUT2D eigenvalue weighted by molar-refractivity contribution is 0.632. The van der Waals surface area contributed by atoms with Crippen LogP contribution in [0, 0.1) is 20.8 Å². The van der Waals surface area contributed by atoms with Gasteiger partial charge < -0.3 is 13.3 Å². The molecule has 0 bridgehead atoms. The lowest BCUT2D eigenvalue weighted by atomic mass is 10.2. The van der Waals surface area contributed by atoms with Gasteiger partial charge in [-0.15, -0.1) is 22.7 Å². The van der Waals surface area contributed by atoms with Crippen molar-refractivity contribution in [2.75, 3.05) is 0 Å².